The summed E-state index contributed by atoms with van der Waals surface area (Å²) in [6.45, 7) is 3.64. The Morgan fingerprint density at radius 2 is 2.12 bits per heavy atom. The summed E-state index contributed by atoms with van der Waals surface area (Å²) in [5.74, 6) is -0.468. The van der Waals surface area contributed by atoms with E-state index in [0.29, 0.717) is 18.7 Å². The first-order valence-electron chi connectivity index (χ1n) is 5.00. The highest BCUT2D eigenvalue weighted by Crippen LogP contribution is 2.23. The molecule has 0 saturated carbocycles. The van der Waals surface area contributed by atoms with Gasteiger partial charge in [-0.05, 0) is 6.42 Å². The smallest absolute Gasteiger partial charge is 0.348 e. The molecule has 0 aromatic rings. The van der Waals surface area contributed by atoms with Gasteiger partial charge in [-0.25, -0.2) is 4.79 Å². The van der Waals surface area contributed by atoms with Crippen molar-refractivity contribution in [2.75, 3.05) is 19.4 Å². The molecule has 0 aliphatic carbocycles. The van der Waals surface area contributed by atoms with E-state index in [1.54, 1.807) is 0 Å². The Hall–Kier alpha value is -1.17. The average Bonchev–Trinajstić information content (AvgIpc) is 2.26. The summed E-state index contributed by atoms with van der Waals surface area (Å²) >= 11 is 0. The van der Waals surface area contributed by atoms with Gasteiger partial charge in [-0.2, -0.15) is 0 Å². The van der Waals surface area contributed by atoms with Crippen LogP contribution in [0.15, 0.2) is 10.6 Å². The van der Waals surface area contributed by atoms with Gasteiger partial charge in [0.25, 0.3) is 0 Å². The summed E-state index contributed by atoms with van der Waals surface area (Å²) in [4.78, 5) is 24.5. The fraction of sp³-hybridized carbons (Fsp3) is 0.600. The molecule has 1 heterocycles. The first-order chi connectivity index (χ1) is 7.52. The molecule has 1 unspecified atom stereocenters. The highest BCUT2D eigenvalue weighted by molar-refractivity contribution is 7.90. The van der Waals surface area contributed by atoms with Crippen LogP contribution < -0.4 is 0 Å². The minimum Gasteiger partial charge on any atom is -0.465 e. The van der Waals surface area contributed by atoms with Crippen LogP contribution in [0.3, 0.4) is 0 Å². The van der Waals surface area contributed by atoms with E-state index in [9.17, 15) is 13.8 Å². The predicted octanol–water partition coefficient (Wildman–Crippen LogP) is 0.392. The first-order valence-corrected chi connectivity index (χ1v) is 6.32. The summed E-state index contributed by atoms with van der Waals surface area (Å²) in [6, 6.07) is 0. The molecular weight excluding hydrogens is 230 g/mol. The molecule has 0 aromatic heterocycles. The van der Waals surface area contributed by atoms with Gasteiger partial charge in [0.05, 0.1) is 17.9 Å². The zero-order chi connectivity index (χ0) is 12.3. The van der Waals surface area contributed by atoms with E-state index in [4.69, 9.17) is 0 Å². The van der Waals surface area contributed by atoms with Gasteiger partial charge in [0, 0.05) is 24.9 Å². The van der Waals surface area contributed by atoms with E-state index in [-0.39, 0.29) is 16.6 Å². The largest absolute Gasteiger partial charge is 0.465 e. The normalized spacial score (nSPS) is 20.9. The number of carbonyl (C=O) groups is 2. The molecule has 0 spiro atoms. The van der Waals surface area contributed by atoms with Crippen LogP contribution >= 0.6 is 0 Å². The van der Waals surface area contributed by atoms with Crippen LogP contribution in [0.25, 0.3) is 0 Å². The number of methoxy groups -OCH3 is 1. The van der Waals surface area contributed by atoms with Crippen LogP contribution in [0.1, 0.15) is 20.3 Å². The van der Waals surface area contributed by atoms with E-state index in [1.165, 1.54) is 18.9 Å². The topological polar surface area (TPSA) is 63.7 Å². The predicted molar refractivity (Wildman–Crippen MR) is 59.7 cm³/mol. The monoisotopic (exact) mass is 245 g/mol. The molecule has 0 saturated heterocycles. The highest BCUT2D eigenvalue weighted by atomic mass is 32.2. The molecule has 0 radical (unpaired) electrons. The SMILES string of the molecule is CCC1=C(C(=O)OC)S(=O)CCN1C(C)=O. The molecule has 1 rings (SSSR count). The second-order valence-electron chi connectivity index (χ2n) is 3.34. The standard InChI is InChI=1S/C10H15NO4S/c1-4-8-9(10(13)15-3)16(14)6-5-11(8)7(2)12/h4-6H2,1-3H3. The number of hydrogen-bond acceptors (Lipinski definition) is 4. The second kappa shape index (κ2) is 5.25. The van der Waals surface area contributed by atoms with Crippen LogP contribution in [0.5, 0.6) is 0 Å². The molecule has 0 fully saturated rings. The van der Waals surface area contributed by atoms with Gasteiger partial charge < -0.3 is 9.64 Å². The van der Waals surface area contributed by atoms with Crippen molar-refractivity contribution in [1.82, 2.24) is 4.90 Å². The Labute approximate surface area is 96.9 Å². The average molecular weight is 245 g/mol. The lowest BCUT2D eigenvalue weighted by Gasteiger charge is -2.29. The molecule has 0 bridgehead atoms. The van der Waals surface area contributed by atoms with E-state index in [2.05, 4.69) is 4.74 Å². The number of allylic oxidation sites excluding steroid dienone is 1. The minimum atomic E-state index is -1.36. The summed E-state index contributed by atoms with van der Waals surface area (Å²) in [5, 5.41) is 0. The zero-order valence-corrected chi connectivity index (χ0v) is 10.4. The molecule has 0 N–H and O–H groups in total. The van der Waals surface area contributed by atoms with Crippen LogP contribution in [0.4, 0.5) is 0 Å². The third-order valence-corrected chi connectivity index (χ3v) is 3.81. The lowest BCUT2D eigenvalue weighted by Crippen LogP contribution is -2.38. The zero-order valence-electron chi connectivity index (χ0n) is 9.61. The Morgan fingerprint density at radius 3 is 2.56 bits per heavy atom. The van der Waals surface area contributed by atoms with Crippen molar-refractivity contribution in [2.45, 2.75) is 20.3 Å². The number of carbonyl (C=O) groups excluding carboxylic acids is 2. The van der Waals surface area contributed by atoms with Crippen molar-refractivity contribution >= 4 is 22.7 Å². The number of rotatable bonds is 2. The van der Waals surface area contributed by atoms with Crippen molar-refractivity contribution in [2.24, 2.45) is 0 Å². The molecule has 5 nitrogen and oxygen atoms in total. The van der Waals surface area contributed by atoms with Crippen molar-refractivity contribution in [1.29, 1.82) is 0 Å². The summed E-state index contributed by atoms with van der Waals surface area (Å²) in [6.07, 6.45) is 0.482. The van der Waals surface area contributed by atoms with Crippen LogP contribution in [0.2, 0.25) is 0 Å². The fourth-order valence-electron chi connectivity index (χ4n) is 1.67. The molecule has 0 aromatic carbocycles. The van der Waals surface area contributed by atoms with E-state index in [0.717, 1.165) is 0 Å². The third-order valence-electron chi connectivity index (χ3n) is 2.40. The molecule has 1 aliphatic heterocycles. The Bertz CT molecular complexity index is 375. The summed E-state index contributed by atoms with van der Waals surface area (Å²) < 4.78 is 16.3. The summed E-state index contributed by atoms with van der Waals surface area (Å²) in [5.41, 5.74) is 0.518. The number of ether oxygens (including phenoxy) is 1. The lowest BCUT2D eigenvalue weighted by molar-refractivity contribution is -0.135. The van der Waals surface area contributed by atoms with Crippen LogP contribution in [-0.4, -0.2) is 40.4 Å². The Balaban J connectivity index is 3.24. The number of nitrogens with zero attached hydrogens (tertiary/aromatic N) is 1. The first kappa shape index (κ1) is 12.9. The number of esters is 1. The van der Waals surface area contributed by atoms with Gasteiger partial charge in [-0.1, -0.05) is 6.92 Å². The molecule has 90 valence electrons. The molecule has 16 heavy (non-hydrogen) atoms. The molecule has 1 atom stereocenters. The maximum atomic E-state index is 11.7. The van der Waals surface area contributed by atoms with Crippen molar-refractivity contribution in [3.63, 3.8) is 0 Å². The van der Waals surface area contributed by atoms with Crippen LogP contribution in [0, 0.1) is 0 Å². The van der Waals surface area contributed by atoms with E-state index < -0.39 is 16.8 Å². The molecule has 1 amide bonds. The fourth-order valence-corrected chi connectivity index (χ4v) is 3.01. The quantitative estimate of drug-likeness (QED) is 0.660. The summed E-state index contributed by atoms with van der Waals surface area (Å²) in [7, 11) is -0.121. The van der Waals surface area contributed by atoms with Gasteiger partial charge >= 0.3 is 5.97 Å². The van der Waals surface area contributed by atoms with Crippen molar-refractivity contribution < 1.29 is 18.5 Å². The van der Waals surface area contributed by atoms with Crippen molar-refractivity contribution in [3.05, 3.63) is 10.6 Å². The van der Waals surface area contributed by atoms with Gasteiger partial charge in [0.1, 0.15) is 4.91 Å². The Morgan fingerprint density at radius 1 is 1.50 bits per heavy atom. The molecule has 1 aliphatic rings. The number of hydrogen-bond donors (Lipinski definition) is 0. The number of amides is 1. The van der Waals surface area contributed by atoms with Gasteiger partial charge in [0.2, 0.25) is 5.91 Å². The van der Waals surface area contributed by atoms with Gasteiger partial charge in [0.15, 0.2) is 0 Å². The highest BCUT2D eigenvalue weighted by Gasteiger charge is 2.31. The van der Waals surface area contributed by atoms with Crippen molar-refractivity contribution in [3.8, 4) is 0 Å². The minimum absolute atomic E-state index is 0.131. The van der Waals surface area contributed by atoms with E-state index in [1.807, 2.05) is 6.92 Å². The third kappa shape index (κ3) is 2.32. The van der Waals surface area contributed by atoms with E-state index >= 15 is 0 Å². The lowest BCUT2D eigenvalue weighted by atomic mass is 10.2. The molecular formula is C10H15NO4S. The van der Waals surface area contributed by atoms with Crippen LogP contribution in [-0.2, 0) is 25.1 Å². The second-order valence-corrected chi connectivity index (χ2v) is 4.85. The van der Waals surface area contributed by atoms with Gasteiger partial charge in [-0.15, -0.1) is 0 Å². The molecule has 6 heteroatoms. The maximum Gasteiger partial charge on any atom is 0.348 e. The van der Waals surface area contributed by atoms with Gasteiger partial charge in [-0.3, -0.25) is 9.00 Å². The maximum absolute atomic E-state index is 11.7. The Kier molecular flexibility index (Phi) is 4.23.